The van der Waals surface area contributed by atoms with E-state index in [-0.39, 0.29) is 5.91 Å². The predicted molar refractivity (Wildman–Crippen MR) is 90.0 cm³/mol. The van der Waals surface area contributed by atoms with Gasteiger partial charge in [-0.05, 0) is 24.1 Å². The summed E-state index contributed by atoms with van der Waals surface area (Å²) in [7, 11) is 1.91. The molecule has 2 N–H and O–H groups in total. The standard InChI is InChI=1S/C16H26ClN3O/c1-5-8-18-16(21)11-20(4)15-9-14(17)7-6-13(15)10-19-12(2)3/h6-7,9,12,19H,5,8,10-11H2,1-4H3,(H,18,21). The zero-order valence-corrected chi connectivity index (χ0v) is 14.1. The van der Waals surface area contributed by atoms with E-state index in [1.165, 1.54) is 0 Å². The van der Waals surface area contributed by atoms with Crippen LogP contribution in [-0.4, -0.2) is 32.1 Å². The van der Waals surface area contributed by atoms with Gasteiger partial charge in [0, 0.05) is 36.9 Å². The van der Waals surface area contributed by atoms with Gasteiger partial charge in [0.1, 0.15) is 0 Å². The van der Waals surface area contributed by atoms with Gasteiger partial charge < -0.3 is 15.5 Å². The summed E-state index contributed by atoms with van der Waals surface area (Å²) >= 11 is 6.10. The van der Waals surface area contributed by atoms with Gasteiger partial charge in [0.05, 0.1) is 6.54 Å². The molecular weight excluding hydrogens is 286 g/mol. The normalized spacial score (nSPS) is 10.8. The molecule has 4 nitrogen and oxygen atoms in total. The molecule has 1 aromatic rings. The maximum atomic E-state index is 11.8. The number of benzene rings is 1. The minimum absolute atomic E-state index is 0.0297. The molecule has 1 rings (SSSR count). The minimum Gasteiger partial charge on any atom is -0.365 e. The Labute approximate surface area is 132 Å². The fourth-order valence-corrected chi connectivity index (χ4v) is 2.14. The van der Waals surface area contributed by atoms with Gasteiger partial charge in [-0.25, -0.2) is 0 Å². The third-order valence-electron chi connectivity index (χ3n) is 3.11. The summed E-state index contributed by atoms with van der Waals surface area (Å²) in [4.78, 5) is 13.8. The van der Waals surface area contributed by atoms with Crippen molar-refractivity contribution in [3.05, 3.63) is 28.8 Å². The van der Waals surface area contributed by atoms with Crippen LogP contribution in [0.1, 0.15) is 32.8 Å². The Morgan fingerprint density at radius 3 is 2.71 bits per heavy atom. The van der Waals surface area contributed by atoms with E-state index in [0.29, 0.717) is 24.2 Å². The van der Waals surface area contributed by atoms with Gasteiger partial charge in [-0.2, -0.15) is 0 Å². The Morgan fingerprint density at radius 2 is 2.10 bits per heavy atom. The highest BCUT2D eigenvalue weighted by Crippen LogP contribution is 2.24. The van der Waals surface area contributed by atoms with Crippen molar-refractivity contribution >= 4 is 23.2 Å². The van der Waals surface area contributed by atoms with Crippen LogP contribution in [0.4, 0.5) is 5.69 Å². The van der Waals surface area contributed by atoms with Gasteiger partial charge in [0.25, 0.3) is 0 Å². The Bertz CT molecular complexity index is 463. The molecule has 0 heterocycles. The fourth-order valence-electron chi connectivity index (χ4n) is 1.98. The van der Waals surface area contributed by atoms with Crippen LogP contribution < -0.4 is 15.5 Å². The van der Waals surface area contributed by atoms with Gasteiger partial charge in [-0.15, -0.1) is 0 Å². The first kappa shape index (κ1) is 17.8. The van der Waals surface area contributed by atoms with Crippen LogP contribution in [0.25, 0.3) is 0 Å². The summed E-state index contributed by atoms with van der Waals surface area (Å²) in [5.74, 6) is 0.0297. The summed E-state index contributed by atoms with van der Waals surface area (Å²) in [6.07, 6.45) is 0.941. The quantitative estimate of drug-likeness (QED) is 0.776. The molecule has 0 aromatic heterocycles. The van der Waals surface area contributed by atoms with E-state index < -0.39 is 0 Å². The van der Waals surface area contributed by atoms with Crippen LogP contribution in [0.3, 0.4) is 0 Å². The summed E-state index contributed by atoms with van der Waals surface area (Å²) in [6.45, 7) is 8.05. The molecule has 0 radical (unpaired) electrons. The molecule has 0 fully saturated rings. The van der Waals surface area contributed by atoms with Gasteiger partial charge in [0.2, 0.25) is 5.91 Å². The summed E-state index contributed by atoms with van der Waals surface area (Å²) in [6, 6.07) is 6.21. The number of halogens is 1. The third-order valence-corrected chi connectivity index (χ3v) is 3.35. The Balaban J connectivity index is 2.78. The van der Waals surface area contributed by atoms with Crippen molar-refractivity contribution in [2.75, 3.05) is 25.0 Å². The molecule has 118 valence electrons. The number of amides is 1. The van der Waals surface area contributed by atoms with E-state index in [1.807, 2.05) is 37.1 Å². The molecule has 0 unspecified atom stereocenters. The van der Waals surface area contributed by atoms with Gasteiger partial charge in [-0.3, -0.25) is 4.79 Å². The number of hydrogen-bond donors (Lipinski definition) is 2. The first-order chi connectivity index (χ1) is 9.93. The second-order valence-electron chi connectivity index (χ2n) is 5.51. The third kappa shape index (κ3) is 6.36. The molecule has 0 saturated heterocycles. The van der Waals surface area contributed by atoms with Crippen molar-refractivity contribution in [3.8, 4) is 0 Å². The molecule has 0 aliphatic heterocycles. The maximum absolute atomic E-state index is 11.8. The molecule has 0 atom stereocenters. The molecule has 0 aliphatic rings. The van der Waals surface area contributed by atoms with Crippen LogP contribution in [0.5, 0.6) is 0 Å². The van der Waals surface area contributed by atoms with E-state index in [4.69, 9.17) is 11.6 Å². The lowest BCUT2D eigenvalue weighted by atomic mass is 10.1. The van der Waals surface area contributed by atoms with Crippen molar-refractivity contribution in [2.24, 2.45) is 0 Å². The molecule has 1 aromatic carbocycles. The van der Waals surface area contributed by atoms with Crippen LogP contribution in [0.15, 0.2) is 18.2 Å². The molecule has 0 bridgehead atoms. The van der Waals surface area contributed by atoms with E-state index >= 15 is 0 Å². The second kappa shape index (κ2) is 8.90. The lowest BCUT2D eigenvalue weighted by Crippen LogP contribution is -2.36. The van der Waals surface area contributed by atoms with Crippen LogP contribution >= 0.6 is 11.6 Å². The Hall–Kier alpha value is -1.26. The highest BCUT2D eigenvalue weighted by Gasteiger charge is 2.12. The number of carbonyl (C=O) groups is 1. The zero-order valence-electron chi connectivity index (χ0n) is 13.4. The van der Waals surface area contributed by atoms with Crippen LogP contribution in [0, 0.1) is 0 Å². The van der Waals surface area contributed by atoms with Gasteiger partial charge >= 0.3 is 0 Å². The summed E-state index contributed by atoms with van der Waals surface area (Å²) < 4.78 is 0. The second-order valence-corrected chi connectivity index (χ2v) is 5.95. The zero-order chi connectivity index (χ0) is 15.8. The molecule has 1 amide bonds. The Kier molecular flexibility index (Phi) is 7.54. The van der Waals surface area contributed by atoms with Crippen molar-refractivity contribution in [2.45, 2.75) is 39.8 Å². The lowest BCUT2D eigenvalue weighted by Gasteiger charge is -2.23. The SMILES string of the molecule is CCCNC(=O)CN(C)c1cc(Cl)ccc1CNC(C)C. The van der Waals surface area contributed by atoms with Crippen molar-refractivity contribution < 1.29 is 4.79 Å². The molecular formula is C16H26ClN3O. The van der Waals surface area contributed by atoms with Crippen LogP contribution in [-0.2, 0) is 11.3 Å². The largest absolute Gasteiger partial charge is 0.365 e. The highest BCUT2D eigenvalue weighted by atomic mass is 35.5. The monoisotopic (exact) mass is 311 g/mol. The van der Waals surface area contributed by atoms with Crippen molar-refractivity contribution in [1.29, 1.82) is 0 Å². The van der Waals surface area contributed by atoms with Gasteiger partial charge in [0.15, 0.2) is 0 Å². The first-order valence-electron chi connectivity index (χ1n) is 7.43. The number of nitrogens with one attached hydrogen (secondary N) is 2. The van der Waals surface area contributed by atoms with Crippen molar-refractivity contribution in [1.82, 2.24) is 10.6 Å². The fraction of sp³-hybridized carbons (Fsp3) is 0.562. The smallest absolute Gasteiger partial charge is 0.239 e. The average Bonchev–Trinajstić information content (AvgIpc) is 2.43. The molecule has 0 saturated carbocycles. The van der Waals surface area contributed by atoms with Crippen LogP contribution in [0.2, 0.25) is 5.02 Å². The number of anilines is 1. The summed E-state index contributed by atoms with van der Waals surface area (Å²) in [5, 5.41) is 6.96. The Morgan fingerprint density at radius 1 is 1.38 bits per heavy atom. The number of likely N-dealkylation sites (N-methyl/N-ethyl adjacent to an activating group) is 1. The first-order valence-corrected chi connectivity index (χ1v) is 7.81. The van der Waals surface area contributed by atoms with E-state index in [1.54, 1.807) is 0 Å². The van der Waals surface area contributed by atoms with E-state index in [0.717, 1.165) is 24.2 Å². The van der Waals surface area contributed by atoms with Gasteiger partial charge in [-0.1, -0.05) is 38.4 Å². The molecule has 0 aliphatic carbocycles. The predicted octanol–water partition coefficient (Wildman–Crippen LogP) is 2.80. The molecule has 5 heteroatoms. The molecule has 21 heavy (non-hydrogen) atoms. The summed E-state index contributed by atoms with van der Waals surface area (Å²) in [5.41, 5.74) is 2.13. The number of carbonyl (C=O) groups excluding carboxylic acids is 1. The average molecular weight is 312 g/mol. The molecule has 0 spiro atoms. The highest BCUT2D eigenvalue weighted by molar-refractivity contribution is 6.30. The van der Waals surface area contributed by atoms with E-state index in [2.05, 4.69) is 24.5 Å². The number of rotatable bonds is 8. The number of hydrogen-bond acceptors (Lipinski definition) is 3. The van der Waals surface area contributed by atoms with E-state index in [9.17, 15) is 4.79 Å². The number of nitrogens with zero attached hydrogens (tertiary/aromatic N) is 1. The topological polar surface area (TPSA) is 44.4 Å². The van der Waals surface area contributed by atoms with Crippen molar-refractivity contribution in [3.63, 3.8) is 0 Å². The maximum Gasteiger partial charge on any atom is 0.239 e. The lowest BCUT2D eigenvalue weighted by molar-refractivity contribution is -0.119. The minimum atomic E-state index is 0.0297.